The highest BCUT2D eigenvalue weighted by Crippen LogP contribution is 2.28. The summed E-state index contributed by atoms with van der Waals surface area (Å²) >= 11 is 0. The molecule has 0 aromatic heterocycles. The van der Waals surface area contributed by atoms with Crippen LogP contribution in [0.1, 0.15) is 47.7 Å². The normalized spacial score (nSPS) is 22.2. The van der Waals surface area contributed by atoms with Crippen LogP contribution < -0.4 is 5.30 Å². The fourth-order valence-electron chi connectivity index (χ4n) is 2.60. The van der Waals surface area contributed by atoms with Crippen molar-refractivity contribution in [3.05, 3.63) is 41.0 Å². The molecule has 0 spiro atoms. The van der Waals surface area contributed by atoms with Crippen molar-refractivity contribution in [1.82, 2.24) is 0 Å². The lowest BCUT2D eigenvalue weighted by Gasteiger charge is -2.14. The summed E-state index contributed by atoms with van der Waals surface area (Å²) in [6.07, 6.45) is 8.83. The summed E-state index contributed by atoms with van der Waals surface area (Å²) in [5.41, 5.74) is 1.53. The van der Waals surface area contributed by atoms with E-state index in [1.807, 2.05) is 13.0 Å². The second kappa shape index (κ2) is 8.25. The number of phenols is 1. The number of fused-ring (bicyclic) bond motifs is 1. The molecule has 5 heteroatoms. The van der Waals surface area contributed by atoms with Gasteiger partial charge >= 0.3 is 5.97 Å². The molecule has 4 nitrogen and oxygen atoms in total. The Morgan fingerprint density at radius 2 is 1.92 bits per heavy atom. The van der Waals surface area contributed by atoms with Crippen LogP contribution in [0.3, 0.4) is 0 Å². The number of carbonyl (C=O) groups is 2. The number of allylic oxidation sites excluding steroid dienone is 2. The molecule has 2 atom stereocenters. The average Bonchev–Trinajstić information content (AvgIpc) is 2.54. The number of hydrogen-bond acceptors (Lipinski definition) is 4. The van der Waals surface area contributed by atoms with E-state index < -0.39 is 5.97 Å². The second-order valence-electron chi connectivity index (χ2n) is 6.03. The molecule has 0 saturated carbocycles. The summed E-state index contributed by atoms with van der Waals surface area (Å²) in [5, 5.41) is 11.0. The number of hydrogen-bond donors (Lipinski definition) is 1. The molecule has 1 aromatic carbocycles. The third kappa shape index (κ3) is 4.33. The van der Waals surface area contributed by atoms with Gasteiger partial charge in [-0.1, -0.05) is 25.2 Å². The highest BCUT2D eigenvalue weighted by molar-refractivity contribution is 7.27. The number of aryl methyl sites for hydroxylation is 1. The van der Waals surface area contributed by atoms with Crippen LogP contribution in [0.25, 0.3) is 6.08 Å². The zero-order chi connectivity index (χ0) is 17.7. The van der Waals surface area contributed by atoms with E-state index >= 15 is 0 Å². The minimum atomic E-state index is -0.472. The molecule has 2 rings (SSSR count). The molecule has 0 fully saturated rings. The minimum Gasteiger partial charge on any atom is -0.507 e. The van der Waals surface area contributed by atoms with E-state index in [1.54, 1.807) is 31.2 Å². The van der Waals surface area contributed by atoms with Gasteiger partial charge in [0.15, 0.2) is 5.78 Å². The molecule has 2 unspecified atom stereocenters. The maximum atomic E-state index is 12.4. The van der Waals surface area contributed by atoms with Gasteiger partial charge in [-0.3, -0.25) is 4.79 Å². The predicted molar refractivity (Wildman–Crippen MR) is 98.7 cm³/mol. The molecule has 1 aromatic rings. The Hall–Kier alpha value is -1.93. The Bertz CT molecular complexity index is 704. The number of esters is 1. The number of ether oxygens (including phenoxy) is 1. The lowest BCUT2D eigenvalue weighted by molar-refractivity contribution is -0.117. The number of benzene rings is 1. The Kier molecular flexibility index (Phi) is 6.33. The summed E-state index contributed by atoms with van der Waals surface area (Å²) in [7, 11) is 2.53. The Morgan fingerprint density at radius 3 is 2.67 bits per heavy atom. The fourth-order valence-corrected chi connectivity index (χ4v) is 3.12. The molecular formula is C19H23O4P. The molecule has 128 valence electrons. The molecule has 0 amide bonds. The third-order valence-electron chi connectivity index (χ3n) is 4.10. The SMILES string of the molecule is Cc1cc(P)c2c(c1O)/C=C/CCC(C)C(=O)/C=C\CCOC2=O. The van der Waals surface area contributed by atoms with E-state index in [2.05, 4.69) is 9.24 Å². The van der Waals surface area contributed by atoms with Crippen LogP contribution in [0.2, 0.25) is 0 Å². The summed E-state index contributed by atoms with van der Waals surface area (Å²) in [6, 6.07) is 1.75. The van der Waals surface area contributed by atoms with Gasteiger partial charge < -0.3 is 9.84 Å². The maximum absolute atomic E-state index is 12.4. The van der Waals surface area contributed by atoms with Gasteiger partial charge in [-0.15, -0.1) is 9.24 Å². The number of carbonyl (C=O) groups excluding carboxylic acids is 2. The maximum Gasteiger partial charge on any atom is 0.339 e. The quantitative estimate of drug-likeness (QED) is 0.578. The van der Waals surface area contributed by atoms with Crippen molar-refractivity contribution in [2.24, 2.45) is 5.92 Å². The van der Waals surface area contributed by atoms with Gasteiger partial charge in [-0.25, -0.2) is 4.79 Å². The van der Waals surface area contributed by atoms with E-state index in [0.29, 0.717) is 34.8 Å². The van der Waals surface area contributed by atoms with Crippen molar-refractivity contribution < 1.29 is 19.4 Å². The minimum absolute atomic E-state index is 0.0562. The molecule has 0 saturated heterocycles. The van der Waals surface area contributed by atoms with Crippen LogP contribution in [0, 0.1) is 12.8 Å². The van der Waals surface area contributed by atoms with Crippen LogP contribution in [0.4, 0.5) is 0 Å². The van der Waals surface area contributed by atoms with Gasteiger partial charge in [0.1, 0.15) is 5.75 Å². The van der Waals surface area contributed by atoms with Crippen LogP contribution in [-0.4, -0.2) is 23.5 Å². The van der Waals surface area contributed by atoms with Crippen molar-refractivity contribution in [2.45, 2.75) is 33.1 Å². The molecule has 1 N–H and O–H groups in total. The molecule has 1 aliphatic rings. The summed E-state index contributed by atoms with van der Waals surface area (Å²) < 4.78 is 5.29. The average molecular weight is 346 g/mol. The summed E-state index contributed by atoms with van der Waals surface area (Å²) in [5.74, 6) is -0.363. The van der Waals surface area contributed by atoms with Gasteiger partial charge in [-0.05, 0) is 49.2 Å². The van der Waals surface area contributed by atoms with Gasteiger partial charge in [0, 0.05) is 11.5 Å². The molecule has 24 heavy (non-hydrogen) atoms. The molecule has 0 bridgehead atoms. The fraction of sp³-hybridized carbons (Fsp3) is 0.368. The molecule has 1 heterocycles. The summed E-state index contributed by atoms with van der Waals surface area (Å²) in [4.78, 5) is 24.3. The lowest BCUT2D eigenvalue weighted by Crippen LogP contribution is -2.17. The molecule has 1 aliphatic heterocycles. The van der Waals surface area contributed by atoms with Crippen molar-refractivity contribution in [1.29, 1.82) is 0 Å². The zero-order valence-corrected chi connectivity index (χ0v) is 15.2. The Morgan fingerprint density at radius 1 is 1.21 bits per heavy atom. The van der Waals surface area contributed by atoms with Crippen LogP contribution in [0.5, 0.6) is 5.75 Å². The van der Waals surface area contributed by atoms with Gasteiger partial charge in [0.05, 0.1) is 12.2 Å². The predicted octanol–water partition coefficient (Wildman–Crippen LogP) is 3.32. The smallest absolute Gasteiger partial charge is 0.339 e. The molecule has 0 aliphatic carbocycles. The lowest BCUT2D eigenvalue weighted by atomic mass is 9.98. The first-order chi connectivity index (χ1) is 11.4. The number of cyclic esters (lactones) is 1. The topological polar surface area (TPSA) is 63.6 Å². The van der Waals surface area contributed by atoms with Crippen molar-refractivity contribution >= 4 is 32.4 Å². The van der Waals surface area contributed by atoms with Crippen molar-refractivity contribution in [2.75, 3.05) is 6.61 Å². The van der Waals surface area contributed by atoms with Gasteiger partial charge in [0.2, 0.25) is 0 Å². The largest absolute Gasteiger partial charge is 0.507 e. The zero-order valence-electron chi connectivity index (χ0n) is 14.0. The Balaban J connectivity index is 2.41. The van der Waals surface area contributed by atoms with E-state index in [4.69, 9.17) is 4.74 Å². The van der Waals surface area contributed by atoms with E-state index in [9.17, 15) is 14.7 Å². The third-order valence-corrected chi connectivity index (χ3v) is 4.55. The highest BCUT2D eigenvalue weighted by atomic mass is 31.0. The first-order valence-corrected chi connectivity index (χ1v) is 8.65. The van der Waals surface area contributed by atoms with E-state index in [-0.39, 0.29) is 24.1 Å². The van der Waals surface area contributed by atoms with E-state index in [0.717, 1.165) is 6.42 Å². The van der Waals surface area contributed by atoms with Gasteiger partial charge in [0.25, 0.3) is 0 Å². The van der Waals surface area contributed by atoms with Gasteiger partial charge in [-0.2, -0.15) is 0 Å². The Labute approximate surface area is 144 Å². The van der Waals surface area contributed by atoms with E-state index in [1.165, 1.54) is 0 Å². The molecular weight excluding hydrogens is 323 g/mol. The molecule has 0 radical (unpaired) electrons. The number of rotatable bonds is 0. The summed E-state index contributed by atoms with van der Waals surface area (Å²) in [6.45, 7) is 3.89. The first-order valence-electron chi connectivity index (χ1n) is 8.08. The monoisotopic (exact) mass is 346 g/mol. The number of aromatic hydroxyl groups is 1. The standard InChI is InChI=1S/C19H23O4P/c1-12-7-3-4-8-14-17(16(24)11-13(2)18(14)21)19(22)23-10-6-5-9-15(12)20/h4-5,8-9,11-12,21H,3,6-7,10,24H2,1-2H3/b8-4+,9-5-. The highest BCUT2D eigenvalue weighted by Gasteiger charge is 2.20. The number of phenolic OH excluding ortho intramolecular Hbond substituents is 1. The van der Waals surface area contributed by atoms with Crippen LogP contribution >= 0.6 is 9.24 Å². The van der Waals surface area contributed by atoms with Crippen LogP contribution in [-0.2, 0) is 9.53 Å². The van der Waals surface area contributed by atoms with Crippen molar-refractivity contribution in [3.63, 3.8) is 0 Å². The number of ketones is 1. The first kappa shape index (κ1) is 18.4. The van der Waals surface area contributed by atoms with Crippen molar-refractivity contribution in [3.8, 4) is 5.75 Å². The second-order valence-corrected chi connectivity index (χ2v) is 6.65. The van der Waals surface area contributed by atoms with Crippen LogP contribution in [0.15, 0.2) is 24.3 Å².